The van der Waals surface area contributed by atoms with Gasteiger partial charge in [0.15, 0.2) is 6.17 Å². The molecule has 6 atom stereocenters. The number of hydrogen-bond acceptors (Lipinski definition) is 6. The normalized spacial score (nSPS) is 28.6. The third kappa shape index (κ3) is 3.70. The van der Waals surface area contributed by atoms with E-state index in [0.717, 1.165) is 15.6 Å². The summed E-state index contributed by atoms with van der Waals surface area (Å²) in [5.41, 5.74) is 1.68. The van der Waals surface area contributed by atoms with Gasteiger partial charge in [-0.05, 0) is 47.2 Å². The number of rotatable bonds is 4. The Kier molecular flexibility index (Phi) is 5.70. The summed E-state index contributed by atoms with van der Waals surface area (Å²) < 4.78 is 22.1. The third-order valence-corrected chi connectivity index (χ3v) is 6.64. The summed E-state index contributed by atoms with van der Waals surface area (Å²) in [5.74, 6) is 0. The van der Waals surface area contributed by atoms with E-state index in [1.54, 1.807) is 18.2 Å². The number of thiophene rings is 1. The lowest BCUT2D eigenvalue weighted by molar-refractivity contribution is -0.231. The fourth-order valence-electron chi connectivity index (χ4n) is 3.77. The zero-order valence-electron chi connectivity index (χ0n) is 15.8. The van der Waals surface area contributed by atoms with Crippen LogP contribution in [0.3, 0.4) is 0 Å². The molecule has 1 aliphatic rings. The van der Waals surface area contributed by atoms with Crippen molar-refractivity contribution in [2.24, 2.45) is 0 Å². The molecule has 4 N–H and O–H groups in total. The Labute approximate surface area is 171 Å². The van der Waals surface area contributed by atoms with Gasteiger partial charge in [-0.25, -0.2) is 4.39 Å². The molecule has 7 heteroatoms. The van der Waals surface area contributed by atoms with E-state index in [4.69, 9.17) is 4.74 Å². The number of aryl methyl sites for hydroxylation is 1. The number of alkyl halides is 1. The summed E-state index contributed by atoms with van der Waals surface area (Å²) in [6.45, 7) is 1.31. The molecule has 0 amide bonds. The Bertz CT molecular complexity index is 971. The van der Waals surface area contributed by atoms with Crippen LogP contribution in [0.5, 0.6) is 0 Å². The van der Waals surface area contributed by atoms with Crippen LogP contribution in [-0.4, -0.2) is 51.4 Å². The molecule has 0 bridgehead atoms. The van der Waals surface area contributed by atoms with Crippen molar-refractivity contribution in [3.63, 3.8) is 0 Å². The van der Waals surface area contributed by atoms with Gasteiger partial charge in [-0.15, -0.1) is 11.3 Å². The first kappa shape index (κ1) is 20.4. The van der Waals surface area contributed by atoms with Crippen LogP contribution in [0.4, 0.5) is 4.39 Å². The highest BCUT2D eigenvalue weighted by molar-refractivity contribution is 7.19. The Morgan fingerprint density at radius 1 is 1.03 bits per heavy atom. The second kappa shape index (κ2) is 8.10. The van der Waals surface area contributed by atoms with Crippen LogP contribution in [0.25, 0.3) is 10.1 Å². The first-order valence-corrected chi connectivity index (χ1v) is 10.3. The van der Waals surface area contributed by atoms with E-state index >= 15 is 4.39 Å². The molecule has 0 aliphatic carbocycles. The zero-order valence-corrected chi connectivity index (χ0v) is 16.6. The maximum Gasteiger partial charge on any atom is 0.160 e. The molecule has 1 saturated heterocycles. The number of benzene rings is 2. The number of aliphatic hydroxyl groups excluding tert-OH is 4. The number of halogens is 1. The second-order valence-electron chi connectivity index (χ2n) is 7.41. The zero-order chi connectivity index (χ0) is 20.7. The van der Waals surface area contributed by atoms with Crippen molar-refractivity contribution >= 4 is 21.4 Å². The van der Waals surface area contributed by atoms with Gasteiger partial charge < -0.3 is 25.2 Å². The summed E-state index contributed by atoms with van der Waals surface area (Å²) >= 11 is 1.39. The second-order valence-corrected chi connectivity index (χ2v) is 8.53. The minimum atomic E-state index is -1.47. The standard InChI is InChI=1S/C22H23FO5S/c1-11-6-7-13(22-21(27)20(26)19(25)15(10-24)28-22)8-14(11)18(23)17-9-12-4-2-3-5-16(12)29-17/h2-9,15,18-22,24-27H,10H2,1H3/t15-,18?,19-,20+,21-,22+/m1/s1. The largest absolute Gasteiger partial charge is 0.394 e. The average Bonchev–Trinajstić information content (AvgIpc) is 3.17. The van der Waals surface area contributed by atoms with Crippen LogP contribution in [0.2, 0.25) is 0 Å². The highest BCUT2D eigenvalue weighted by atomic mass is 32.1. The van der Waals surface area contributed by atoms with Crippen molar-refractivity contribution in [3.05, 3.63) is 70.1 Å². The van der Waals surface area contributed by atoms with Gasteiger partial charge >= 0.3 is 0 Å². The molecule has 0 saturated carbocycles. The monoisotopic (exact) mass is 418 g/mol. The first-order valence-electron chi connectivity index (χ1n) is 9.44. The molecule has 1 unspecified atom stereocenters. The fourth-order valence-corrected chi connectivity index (χ4v) is 4.83. The van der Waals surface area contributed by atoms with Crippen molar-refractivity contribution in [2.75, 3.05) is 6.61 Å². The SMILES string of the molecule is Cc1ccc([C@@H]2O[C@H](CO)[C@@H](O)[C@H](O)[C@H]2O)cc1C(F)c1cc2ccccc2s1. The quantitative estimate of drug-likeness (QED) is 0.523. The Hall–Kier alpha value is -1.87. The molecule has 3 aromatic rings. The molecule has 5 nitrogen and oxygen atoms in total. The molecule has 4 rings (SSSR count). The van der Waals surface area contributed by atoms with Gasteiger partial charge in [0.05, 0.1) is 6.61 Å². The van der Waals surface area contributed by atoms with Crippen molar-refractivity contribution in [2.45, 2.75) is 43.6 Å². The molecule has 0 radical (unpaired) electrons. The van der Waals surface area contributed by atoms with Gasteiger partial charge in [-0.2, -0.15) is 0 Å². The molecule has 2 aromatic carbocycles. The van der Waals surface area contributed by atoms with Crippen LogP contribution in [0, 0.1) is 6.92 Å². The summed E-state index contributed by atoms with van der Waals surface area (Å²) in [5, 5.41) is 40.8. The topological polar surface area (TPSA) is 90.2 Å². The summed E-state index contributed by atoms with van der Waals surface area (Å²) in [6, 6.07) is 14.6. The molecule has 2 heterocycles. The maximum atomic E-state index is 15.5. The predicted octanol–water partition coefficient (Wildman–Crippen LogP) is 2.78. The maximum absolute atomic E-state index is 15.5. The van der Waals surface area contributed by atoms with Gasteiger partial charge in [0, 0.05) is 9.58 Å². The summed E-state index contributed by atoms with van der Waals surface area (Å²) in [7, 11) is 0. The molecule has 1 aromatic heterocycles. The lowest BCUT2D eigenvalue weighted by atomic mass is 9.89. The average molecular weight is 418 g/mol. The van der Waals surface area contributed by atoms with E-state index in [0.29, 0.717) is 16.0 Å². The van der Waals surface area contributed by atoms with Crippen LogP contribution in [0.1, 0.15) is 33.8 Å². The van der Waals surface area contributed by atoms with Gasteiger partial charge in [-0.1, -0.05) is 30.3 Å². The van der Waals surface area contributed by atoms with Gasteiger partial charge in [-0.3, -0.25) is 0 Å². The van der Waals surface area contributed by atoms with Gasteiger partial charge in [0.1, 0.15) is 30.5 Å². The van der Waals surface area contributed by atoms with Crippen molar-refractivity contribution in [1.82, 2.24) is 0 Å². The first-order chi connectivity index (χ1) is 13.9. The predicted molar refractivity (Wildman–Crippen MR) is 109 cm³/mol. The van der Waals surface area contributed by atoms with Crippen LogP contribution < -0.4 is 0 Å². The number of fused-ring (bicyclic) bond motifs is 1. The molecular weight excluding hydrogens is 395 g/mol. The minimum Gasteiger partial charge on any atom is -0.394 e. The van der Waals surface area contributed by atoms with E-state index < -0.39 is 43.3 Å². The van der Waals surface area contributed by atoms with Crippen molar-refractivity contribution < 1.29 is 29.6 Å². The van der Waals surface area contributed by atoms with Crippen LogP contribution in [0.15, 0.2) is 48.5 Å². The van der Waals surface area contributed by atoms with E-state index in [9.17, 15) is 20.4 Å². The highest BCUT2D eigenvalue weighted by Crippen LogP contribution is 2.39. The van der Waals surface area contributed by atoms with Crippen molar-refractivity contribution in [3.8, 4) is 0 Å². The molecule has 29 heavy (non-hydrogen) atoms. The summed E-state index contributed by atoms with van der Waals surface area (Å²) in [4.78, 5) is 0.584. The highest BCUT2D eigenvalue weighted by Gasteiger charge is 2.44. The van der Waals surface area contributed by atoms with Crippen LogP contribution >= 0.6 is 11.3 Å². The molecular formula is C22H23FO5S. The van der Waals surface area contributed by atoms with E-state index in [1.807, 2.05) is 37.3 Å². The van der Waals surface area contributed by atoms with E-state index in [1.165, 1.54) is 11.3 Å². The molecule has 1 aliphatic heterocycles. The number of hydrogen-bond donors (Lipinski definition) is 4. The van der Waals surface area contributed by atoms with E-state index in [2.05, 4.69) is 0 Å². The summed E-state index contributed by atoms with van der Waals surface area (Å²) in [6.07, 6.45) is -7.64. The molecule has 154 valence electrons. The minimum absolute atomic E-state index is 0.450. The third-order valence-electron chi connectivity index (χ3n) is 5.49. The van der Waals surface area contributed by atoms with Crippen molar-refractivity contribution in [1.29, 1.82) is 0 Å². The lowest BCUT2D eigenvalue weighted by Gasteiger charge is -2.40. The van der Waals surface area contributed by atoms with Gasteiger partial charge in [0.2, 0.25) is 0 Å². The molecule has 0 spiro atoms. The lowest BCUT2D eigenvalue weighted by Crippen LogP contribution is -2.55. The van der Waals surface area contributed by atoms with Gasteiger partial charge in [0.25, 0.3) is 0 Å². The van der Waals surface area contributed by atoms with Crippen LogP contribution in [-0.2, 0) is 4.74 Å². The Balaban J connectivity index is 1.68. The Morgan fingerprint density at radius 2 is 1.79 bits per heavy atom. The molecule has 1 fully saturated rings. The van der Waals surface area contributed by atoms with E-state index in [-0.39, 0.29) is 0 Å². The number of aliphatic hydroxyl groups is 4. The Morgan fingerprint density at radius 3 is 2.52 bits per heavy atom. The smallest absolute Gasteiger partial charge is 0.160 e. The number of ether oxygens (including phenoxy) is 1. The fraction of sp³-hybridized carbons (Fsp3) is 0.364.